The Bertz CT molecular complexity index is 1220. The zero-order valence-electron chi connectivity index (χ0n) is 24.1. The first-order chi connectivity index (χ1) is 17.7. The second-order valence-corrected chi connectivity index (χ2v) is 10.7. The predicted molar refractivity (Wildman–Crippen MR) is 138 cm³/mol. The molecule has 0 saturated carbocycles. The summed E-state index contributed by atoms with van der Waals surface area (Å²) in [5.74, 6) is 0.437. The lowest BCUT2D eigenvalue weighted by atomic mass is 9.80. The number of hydrogen-bond acceptors (Lipinski definition) is 8. The molecule has 188 valence electrons. The molecule has 0 radical (unpaired) electrons. The van der Waals surface area contributed by atoms with Crippen molar-refractivity contribution in [3.8, 4) is 0 Å². The summed E-state index contributed by atoms with van der Waals surface area (Å²) in [6, 6.07) is 6.20. The third-order valence-electron chi connectivity index (χ3n) is 7.70. The number of rotatable bonds is 5. The molecule has 0 aromatic carbocycles. The smallest absolute Gasteiger partial charge is 0.399 e. The van der Waals surface area contributed by atoms with Crippen molar-refractivity contribution < 1.29 is 18.2 Å². The van der Waals surface area contributed by atoms with Crippen LogP contribution in [0.3, 0.4) is 0 Å². The average Bonchev–Trinajstić information content (AvgIpc) is 3.01. The van der Waals surface area contributed by atoms with Crippen LogP contribution in [0.5, 0.6) is 0 Å². The number of hydrogen-bond donors (Lipinski definition) is 1. The maximum Gasteiger partial charge on any atom is 0.496 e. The lowest BCUT2D eigenvalue weighted by Gasteiger charge is -2.46. The SMILES string of the molecule is [2H]C([2H])([2H])n1cc(B2OC(C)(C)C(C)(C)O2)cc(Nc2ccc(N3CCN(C4COC4)C[C@@H]3C)cn2)c1=O. The van der Waals surface area contributed by atoms with E-state index in [1.165, 1.54) is 6.20 Å². The largest absolute Gasteiger partial charge is 0.496 e. The quantitative estimate of drug-likeness (QED) is 0.643. The number of ether oxygens (including phenoxy) is 1. The minimum absolute atomic E-state index is 0.0817. The molecule has 35 heavy (non-hydrogen) atoms. The summed E-state index contributed by atoms with van der Waals surface area (Å²) < 4.78 is 42.0. The fourth-order valence-electron chi connectivity index (χ4n) is 4.70. The molecule has 3 saturated heterocycles. The molecule has 3 aliphatic rings. The van der Waals surface area contributed by atoms with E-state index in [0.717, 1.165) is 43.1 Å². The van der Waals surface area contributed by atoms with Gasteiger partial charge in [0.25, 0.3) is 5.56 Å². The van der Waals surface area contributed by atoms with E-state index in [9.17, 15) is 4.79 Å². The van der Waals surface area contributed by atoms with Crippen molar-refractivity contribution in [2.24, 2.45) is 6.98 Å². The summed E-state index contributed by atoms with van der Waals surface area (Å²) in [6.45, 7) is 11.7. The van der Waals surface area contributed by atoms with Gasteiger partial charge in [-0.15, -0.1) is 0 Å². The molecule has 2 aromatic rings. The number of nitrogens with zero attached hydrogens (tertiary/aromatic N) is 4. The van der Waals surface area contributed by atoms with Crippen molar-refractivity contribution in [3.05, 3.63) is 40.9 Å². The highest BCUT2D eigenvalue weighted by Crippen LogP contribution is 2.36. The van der Waals surface area contributed by atoms with Gasteiger partial charge in [0.2, 0.25) is 0 Å². The maximum atomic E-state index is 13.1. The van der Waals surface area contributed by atoms with Crippen LogP contribution in [0.25, 0.3) is 0 Å². The summed E-state index contributed by atoms with van der Waals surface area (Å²) >= 11 is 0. The van der Waals surface area contributed by atoms with Crippen LogP contribution in [-0.2, 0) is 21.0 Å². The molecule has 0 amide bonds. The molecule has 1 N–H and O–H groups in total. The Morgan fingerprint density at radius 2 is 1.91 bits per heavy atom. The Hall–Kier alpha value is -2.40. The van der Waals surface area contributed by atoms with E-state index >= 15 is 0 Å². The summed E-state index contributed by atoms with van der Waals surface area (Å²) in [7, 11) is -0.822. The van der Waals surface area contributed by atoms with Gasteiger partial charge in [0, 0.05) is 48.4 Å². The molecule has 0 aliphatic carbocycles. The fraction of sp³-hybridized carbons (Fsp3) is 0.600. The molecule has 3 fully saturated rings. The van der Waals surface area contributed by atoms with Crippen molar-refractivity contribution in [1.29, 1.82) is 0 Å². The Morgan fingerprint density at radius 3 is 2.49 bits per heavy atom. The molecule has 5 heterocycles. The van der Waals surface area contributed by atoms with Gasteiger partial charge in [-0.1, -0.05) is 0 Å². The maximum absolute atomic E-state index is 13.1. The second-order valence-electron chi connectivity index (χ2n) is 10.7. The van der Waals surface area contributed by atoms with Gasteiger partial charge in [-0.25, -0.2) is 4.98 Å². The van der Waals surface area contributed by atoms with Crippen molar-refractivity contribution in [3.63, 3.8) is 0 Å². The Balaban J connectivity index is 1.36. The average molecular weight is 484 g/mol. The van der Waals surface area contributed by atoms with Crippen LogP contribution in [0.2, 0.25) is 0 Å². The van der Waals surface area contributed by atoms with Crippen LogP contribution >= 0.6 is 0 Å². The minimum atomic E-state index is -2.67. The van der Waals surface area contributed by atoms with E-state index in [-0.39, 0.29) is 5.69 Å². The fourth-order valence-corrected chi connectivity index (χ4v) is 4.70. The summed E-state index contributed by atoms with van der Waals surface area (Å²) in [4.78, 5) is 22.5. The molecule has 10 heteroatoms. The van der Waals surface area contributed by atoms with Crippen LogP contribution in [0.4, 0.5) is 17.2 Å². The lowest BCUT2D eigenvalue weighted by Crippen LogP contribution is -2.59. The predicted octanol–water partition coefficient (Wildman–Crippen LogP) is 1.73. The lowest BCUT2D eigenvalue weighted by molar-refractivity contribution is -0.0691. The molecule has 3 aliphatic heterocycles. The minimum Gasteiger partial charge on any atom is -0.399 e. The number of nitrogens with one attached hydrogen (secondary N) is 1. The normalized spacial score (nSPS) is 26.1. The number of pyridine rings is 2. The number of aromatic nitrogens is 2. The molecular formula is C25H36BN5O4. The van der Waals surface area contributed by atoms with Gasteiger partial charge in [-0.3, -0.25) is 9.69 Å². The van der Waals surface area contributed by atoms with Crippen LogP contribution in [0.15, 0.2) is 35.4 Å². The summed E-state index contributed by atoms with van der Waals surface area (Å²) in [6.07, 6.45) is 3.07. The highest BCUT2D eigenvalue weighted by atomic mass is 16.7. The first-order valence-electron chi connectivity index (χ1n) is 13.7. The first kappa shape index (κ1) is 20.8. The molecular weight excluding hydrogens is 445 g/mol. The molecule has 1 atom stereocenters. The van der Waals surface area contributed by atoms with Crippen molar-refractivity contribution in [1.82, 2.24) is 14.5 Å². The van der Waals surface area contributed by atoms with E-state index in [2.05, 4.69) is 27.0 Å². The van der Waals surface area contributed by atoms with Crippen molar-refractivity contribution >= 4 is 29.8 Å². The van der Waals surface area contributed by atoms with E-state index < -0.39 is 30.9 Å². The molecule has 0 unspecified atom stereocenters. The van der Waals surface area contributed by atoms with Crippen LogP contribution in [-0.4, -0.2) is 77.7 Å². The second kappa shape index (κ2) is 8.92. The van der Waals surface area contributed by atoms with Gasteiger partial charge < -0.3 is 28.8 Å². The van der Waals surface area contributed by atoms with Gasteiger partial charge in [0.1, 0.15) is 11.5 Å². The molecule has 0 bridgehead atoms. The van der Waals surface area contributed by atoms with Crippen LogP contribution in [0.1, 0.15) is 38.7 Å². The van der Waals surface area contributed by atoms with Gasteiger partial charge in [0.05, 0.1) is 42.3 Å². The van der Waals surface area contributed by atoms with Crippen molar-refractivity contribution in [2.75, 3.05) is 43.1 Å². The highest BCUT2D eigenvalue weighted by molar-refractivity contribution is 6.62. The van der Waals surface area contributed by atoms with Gasteiger partial charge in [-0.05, 0) is 52.8 Å². The van der Waals surface area contributed by atoms with Crippen LogP contribution < -0.4 is 21.2 Å². The third kappa shape index (κ3) is 4.60. The monoisotopic (exact) mass is 484 g/mol. The Morgan fingerprint density at radius 1 is 1.17 bits per heavy atom. The standard InChI is InChI=1S/C25H36BN5O4/c1-17-13-30(20-15-33-16-20)9-10-31(17)19-7-8-22(27-12-19)28-21-11-18(14-29(6)23(21)32)26-34-24(2,3)25(4,5)35-26/h7-8,11-12,14,17,20H,9-10,13,15-16H2,1-6H3,(H,27,28)/t17-/m0/s1/i6D3. The van der Waals surface area contributed by atoms with Crippen molar-refractivity contribution in [2.45, 2.75) is 57.9 Å². The van der Waals surface area contributed by atoms with Crippen LogP contribution in [0, 0.1) is 0 Å². The zero-order chi connectivity index (χ0) is 27.5. The number of anilines is 3. The highest BCUT2D eigenvalue weighted by Gasteiger charge is 2.52. The molecule has 2 aromatic heterocycles. The number of piperazine rings is 1. The van der Waals surface area contributed by atoms with E-state index in [0.29, 0.717) is 23.4 Å². The Kier molecular flexibility index (Phi) is 5.29. The summed E-state index contributed by atoms with van der Waals surface area (Å²) in [5.41, 5.74) is -0.393. The Labute approximate surface area is 211 Å². The molecule has 5 rings (SSSR count). The topological polar surface area (TPSA) is 81.1 Å². The molecule has 0 spiro atoms. The van der Waals surface area contributed by atoms with E-state index in [4.69, 9.17) is 18.2 Å². The van der Waals surface area contributed by atoms with Gasteiger partial charge in [-0.2, -0.15) is 0 Å². The van der Waals surface area contributed by atoms with Gasteiger partial charge in [0.15, 0.2) is 0 Å². The first-order valence-corrected chi connectivity index (χ1v) is 12.2. The van der Waals surface area contributed by atoms with E-state index in [1.54, 1.807) is 18.3 Å². The molecule has 9 nitrogen and oxygen atoms in total. The zero-order valence-corrected chi connectivity index (χ0v) is 21.1. The third-order valence-corrected chi connectivity index (χ3v) is 7.70. The summed E-state index contributed by atoms with van der Waals surface area (Å²) in [5, 5.41) is 3.02. The van der Waals surface area contributed by atoms with Gasteiger partial charge >= 0.3 is 7.12 Å². The number of aryl methyl sites for hydroxylation is 1. The van der Waals surface area contributed by atoms with E-state index in [1.807, 2.05) is 33.8 Å².